The first-order valence-electron chi connectivity index (χ1n) is 10.2. The van der Waals surface area contributed by atoms with Crippen molar-refractivity contribution in [1.29, 1.82) is 0 Å². The molecular weight excluding hydrogens is 427 g/mol. The van der Waals surface area contributed by atoms with Crippen molar-refractivity contribution < 1.29 is 23.1 Å². The zero-order chi connectivity index (χ0) is 22.5. The Hall–Kier alpha value is -3.41. The van der Waals surface area contributed by atoms with Crippen molar-refractivity contribution in [3.63, 3.8) is 0 Å². The maximum Gasteiger partial charge on any atom is 0.416 e. The molecule has 3 N–H and O–H groups in total. The molecule has 1 amide bonds. The number of amides is 1. The van der Waals surface area contributed by atoms with Crippen LogP contribution in [-0.2, 0) is 11.0 Å². The molecule has 5 rings (SSSR count). The first kappa shape index (κ1) is 20.5. The molecule has 3 aromatic rings. The number of rotatable bonds is 4. The van der Waals surface area contributed by atoms with Crippen molar-refractivity contribution in [2.24, 2.45) is 0 Å². The van der Waals surface area contributed by atoms with Gasteiger partial charge in [-0.25, -0.2) is 4.68 Å². The second-order valence-corrected chi connectivity index (χ2v) is 7.95. The van der Waals surface area contributed by atoms with Crippen LogP contribution in [-0.4, -0.2) is 62.5 Å². The first-order chi connectivity index (χ1) is 15.3. The Morgan fingerprint density at radius 3 is 2.75 bits per heavy atom. The second kappa shape index (κ2) is 7.62. The highest BCUT2D eigenvalue weighted by molar-refractivity contribution is 5.92. The van der Waals surface area contributed by atoms with Gasteiger partial charge in [0.15, 0.2) is 5.65 Å². The Morgan fingerprint density at radius 1 is 1.22 bits per heavy atom. The monoisotopic (exact) mass is 447 g/mol. The lowest BCUT2D eigenvalue weighted by atomic mass is 9.90. The molecule has 32 heavy (non-hydrogen) atoms. The summed E-state index contributed by atoms with van der Waals surface area (Å²) in [5.74, 6) is 0.597. The minimum Gasteiger partial charge on any atom is -0.393 e. The van der Waals surface area contributed by atoms with Gasteiger partial charge in [0.25, 0.3) is 0 Å². The van der Waals surface area contributed by atoms with Crippen molar-refractivity contribution >= 4 is 28.7 Å². The molecule has 3 heterocycles. The summed E-state index contributed by atoms with van der Waals surface area (Å²) in [6.07, 6.45) is -2.27. The Morgan fingerprint density at radius 2 is 2.03 bits per heavy atom. The fraction of sp³-hybridized carbons (Fsp3) is 0.400. The van der Waals surface area contributed by atoms with Crippen LogP contribution in [0.3, 0.4) is 0 Å². The number of halogens is 3. The van der Waals surface area contributed by atoms with E-state index in [2.05, 4.69) is 25.7 Å². The van der Waals surface area contributed by atoms with Crippen molar-refractivity contribution in [3.8, 4) is 5.69 Å². The lowest BCUT2D eigenvalue weighted by molar-refractivity contribution is -0.137. The molecule has 1 aliphatic heterocycles. The summed E-state index contributed by atoms with van der Waals surface area (Å²) in [6.45, 7) is 1.07. The summed E-state index contributed by atoms with van der Waals surface area (Å²) in [6, 6.07) is 4.84. The number of aromatic nitrogens is 4. The summed E-state index contributed by atoms with van der Waals surface area (Å²) in [4.78, 5) is 22.8. The SMILES string of the molecule is O=C1CN(c2nc(NC3CC(O)C3)nc3c2cnn3-c2cccc(C(F)(F)F)c2)CCN1. The molecule has 1 saturated heterocycles. The molecule has 1 aliphatic carbocycles. The van der Waals surface area contributed by atoms with Crippen LogP contribution in [0.4, 0.5) is 24.9 Å². The Balaban J connectivity index is 1.60. The predicted octanol–water partition coefficient (Wildman–Crippen LogP) is 1.71. The van der Waals surface area contributed by atoms with Gasteiger partial charge in [-0.05, 0) is 31.0 Å². The van der Waals surface area contributed by atoms with Gasteiger partial charge in [-0.1, -0.05) is 6.07 Å². The number of fused-ring (bicyclic) bond motifs is 1. The largest absolute Gasteiger partial charge is 0.416 e. The maximum absolute atomic E-state index is 13.2. The number of aliphatic hydroxyl groups is 1. The van der Waals surface area contributed by atoms with Gasteiger partial charge in [0.2, 0.25) is 11.9 Å². The van der Waals surface area contributed by atoms with Gasteiger partial charge in [0.1, 0.15) is 5.82 Å². The molecule has 0 unspecified atom stereocenters. The summed E-state index contributed by atoms with van der Waals surface area (Å²) in [7, 11) is 0. The minimum atomic E-state index is -4.49. The van der Waals surface area contributed by atoms with Crippen LogP contribution in [0.1, 0.15) is 18.4 Å². The van der Waals surface area contributed by atoms with E-state index in [1.807, 2.05) is 0 Å². The molecule has 2 fully saturated rings. The molecule has 2 aromatic heterocycles. The first-order valence-corrected chi connectivity index (χ1v) is 10.2. The third-order valence-electron chi connectivity index (χ3n) is 5.61. The molecule has 2 aliphatic rings. The molecular formula is C20H20F3N7O2. The van der Waals surface area contributed by atoms with Gasteiger partial charge >= 0.3 is 6.18 Å². The predicted molar refractivity (Wildman–Crippen MR) is 110 cm³/mol. The van der Waals surface area contributed by atoms with E-state index in [9.17, 15) is 23.1 Å². The van der Waals surface area contributed by atoms with E-state index in [-0.39, 0.29) is 36.2 Å². The van der Waals surface area contributed by atoms with E-state index >= 15 is 0 Å². The van der Waals surface area contributed by atoms with E-state index in [0.717, 1.165) is 12.1 Å². The van der Waals surface area contributed by atoms with Crippen molar-refractivity contribution in [2.45, 2.75) is 31.2 Å². The number of anilines is 2. The number of hydrogen-bond acceptors (Lipinski definition) is 7. The fourth-order valence-corrected chi connectivity index (χ4v) is 3.91. The molecule has 1 aromatic carbocycles. The lowest BCUT2D eigenvalue weighted by Gasteiger charge is -2.32. The normalized spacial score (nSPS) is 21.4. The standard InChI is InChI=1S/C20H20F3N7O2/c21-20(22,23)11-2-1-3-13(6-11)30-18-15(9-25-30)17(29-5-4-24-16(32)10-29)27-19(28-18)26-12-7-14(31)8-12/h1-3,6,9,12,14,31H,4-5,7-8,10H2,(H,24,32)(H,26,27,28). The summed E-state index contributed by atoms with van der Waals surface area (Å²) in [5, 5.41) is 20.3. The van der Waals surface area contributed by atoms with Crippen LogP contribution in [0.5, 0.6) is 0 Å². The third-order valence-corrected chi connectivity index (χ3v) is 5.61. The molecule has 9 nitrogen and oxygen atoms in total. The van der Waals surface area contributed by atoms with Crippen molar-refractivity contribution in [1.82, 2.24) is 25.1 Å². The molecule has 168 valence electrons. The van der Waals surface area contributed by atoms with Crippen LogP contribution in [0, 0.1) is 0 Å². The summed E-state index contributed by atoms with van der Waals surface area (Å²) in [5.41, 5.74) is -0.258. The number of carbonyl (C=O) groups excluding carboxylic acids is 1. The molecule has 0 atom stereocenters. The van der Waals surface area contributed by atoms with Crippen LogP contribution >= 0.6 is 0 Å². The van der Waals surface area contributed by atoms with Gasteiger partial charge in [0, 0.05) is 19.1 Å². The highest BCUT2D eigenvalue weighted by atomic mass is 19.4. The lowest BCUT2D eigenvalue weighted by Crippen LogP contribution is -2.48. The number of alkyl halides is 3. The van der Waals surface area contributed by atoms with E-state index in [1.54, 1.807) is 4.90 Å². The number of carbonyl (C=O) groups is 1. The zero-order valence-corrected chi connectivity index (χ0v) is 16.8. The molecule has 12 heteroatoms. The number of benzene rings is 1. The van der Waals surface area contributed by atoms with Gasteiger partial charge < -0.3 is 20.6 Å². The van der Waals surface area contributed by atoms with Crippen LogP contribution in [0.2, 0.25) is 0 Å². The van der Waals surface area contributed by atoms with Gasteiger partial charge in [-0.15, -0.1) is 0 Å². The number of aliphatic hydroxyl groups excluding tert-OH is 1. The molecule has 0 spiro atoms. The number of piperazine rings is 1. The van der Waals surface area contributed by atoms with Gasteiger partial charge in [0.05, 0.1) is 35.5 Å². The molecule has 0 radical (unpaired) electrons. The van der Waals surface area contributed by atoms with Crippen LogP contribution < -0.4 is 15.5 Å². The topological polar surface area (TPSA) is 108 Å². The second-order valence-electron chi connectivity index (χ2n) is 7.95. The number of nitrogens with zero attached hydrogens (tertiary/aromatic N) is 5. The van der Waals surface area contributed by atoms with Crippen molar-refractivity contribution in [2.75, 3.05) is 29.9 Å². The Kier molecular flexibility index (Phi) is 4.88. The Labute approximate surface area is 180 Å². The molecule has 1 saturated carbocycles. The highest BCUT2D eigenvalue weighted by Gasteiger charge is 2.31. The zero-order valence-electron chi connectivity index (χ0n) is 16.8. The number of hydrogen-bond donors (Lipinski definition) is 3. The number of nitrogens with one attached hydrogen (secondary N) is 2. The van der Waals surface area contributed by atoms with E-state index in [1.165, 1.54) is 23.0 Å². The van der Waals surface area contributed by atoms with E-state index < -0.39 is 11.7 Å². The van der Waals surface area contributed by atoms with E-state index in [0.29, 0.717) is 42.8 Å². The highest BCUT2D eigenvalue weighted by Crippen LogP contribution is 2.32. The van der Waals surface area contributed by atoms with Crippen LogP contribution in [0.25, 0.3) is 16.7 Å². The van der Waals surface area contributed by atoms with E-state index in [4.69, 9.17) is 0 Å². The third kappa shape index (κ3) is 3.81. The molecule has 0 bridgehead atoms. The fourth-order valence-electron chi connectivity index (χ4n) is 3.91. The van der Waals surface area contributed by atoms with Crippen molar-refractivity contribution in [3.05, 3.63) is 36.0 Å². The smallest absolute Gasteiger partial charge is 0.393 e. The quantitative estimate of drug-likeness (QED) is 0.559. The minimum absolute atomic E-state index is 0.00937. The summed E-state index contributed by atoms with van der Waals surface area (Å²) >= 11 is 0. The maximum atomic E-state index is 13.2. The summed E-state index contributed by atoms with van der Waals surface area (Å²) < 4.78 is 41.0. The van der Waals surface area contributed by atoms with Gasteiger partial charge in [-0.2, -0.15) is 28.2 Å². The van der Waals surface area contributed by atoms with Crippen LogP contribution in [0.15, 0.2) is 30.5 Å². The van der Waals surface area contributed by atoms with Gasteiger partial charge in [-0.3, -0.25) is 4.79 Å². The Bertz CT molecular complexity index is 1170. The average Bonchev–Trinajstić information content (AvgIpc) is 3.15. The average molecular weight is 447 g/mol.